The van der Waals surface area contributed by atoms with Crippen LogP contribution in [0.4, 0.5) is 0 Å². The zero-order valence-corrected chi connectivity index (χ0v) is 13.1. The molecular formula is C16H24N2O4. The summed E-state index contributed by atoms with van der Waals surface area (Å²) < 4.78 is 10.1. The van der Waals surface area contributed by atoms with Gasteiger partial charge < -0.3 is 20.1 Å². The summed E-state index contributed by atoms with van der Waals surface area (Å²) in [6.45, 7) is 3.74. The summed E-state index contributed by atoms with van der Waals surface area (Å²) in [5.74, 6) is -0.292. The van der Waals surface area contributed by atoms with E-state index in [1.165, 1.54) is 0 Å². The zero-order chi connectivity index (χ0) is 16.2. The molecule has 0 aliphatic heterocycles. The molecule has 1 rings (SSSR count). The van der Waals surface area contributed by atoms with Gasteiger partial charge in [0, 0.05) is 31.7 Å². The van der Waals surface area contributed by atoms with Gasteiger partial charge in [0.2, 0.25) is 5.91 Å². The Balaban J connectivity index is 2.17. The highest BCUT2D eigenvalue weighted by molar-refractivity contribution is 5.94. The normalized spacial score (nSPS) is 11.7. The van der Waals surface area contributed by atoms with E-state index >= 15 is 0 Å². The molecule has 6 nitrogen and oxygen atoms in total. The van der Waals surface area contributed by atoms with Crippen LogP contribution < -0.4 is 10.6 Å². The van der Waals surface area contributed by atoms with Gasteiger partial charge in [0.15, 0.2) is 0 Å². The summed E-state index contributed by atoms with van der Waals surface area (Å²) in [7, 11) is 1.61. The van der Waals surface area contributed by atoms with Gasteiger partial charge in [-0.25, -0.2) is 0 Å². The largest absolute Gasteiger partial charge is 0.382 e. The molecule has 1 aromatic rings. The number of methoxy groups -OCH3 is 1. The molecule has 0 spiro atoms. The predicted octanol–water partition coefficient (Wildman–Crippen LogP) is 0.974. The van der Waals surface area contributed by atoms with Gasteiger partial charge >= 0.3 is 0 Å². The fourth-order valence-corrected chi connectivity index (χ4v) is 1.80. The fourth-order valence-electron chi connectivity index (χ4n) is 1.80. The molecule has 1 atom stereocenters. The first-order valence-electron chi connectivity index (χ1n) is 7.32. The topological polar surface area (TPSA) is 76.7 Å². The molecule has 0 radical (unpaired) electrons. The van der Waals surface area contributed by atoms with E-state index in [-0.39, 0.29) is 24.3 Å². The van der Waals surface area contributed by atoms with E-state index in [2.05, 4.69) is 10.6 Å². The van der Waals surface area contributed by atoms with Crippen LogP contribution in [0.2, 0.25) is 0 Å². The number of ether oxygens (including phenoxy) is 2. The predicted molar refractivity (Wildman–Crippen MR) is 83.7 cm³/mol. The summed E-state index contributed by atoms with van der Waals surface area (Å²) in [6.07, 6.45) is 0.233. The minimum atomic E-state index is -0.234. The van der Waals surface area contributed by atoms with Crippen molar-refractivity contribution in [3.63, 3.8) is 0 Å². The molecule has 6 heteroatoms. The average molecular weight is 308 g/mol. The first-order chi connectivity index (χ1) is 10.6. The number of nitrogens with one attached hydrogen (secondary N) is 2. The lowest BCUT2D eigenvalue weighted by molar-refractivity contribution is -0.121. The van der Waals surface area contributed by atoms with Crippen molar-refractivity contribution < 1.29 is 19.1 Å². The first kappa shape index (κ1) is 18.1. The van der Waals surface area contributed by atoms with Gasteiger partial charge in [-0.1, -0.05) is 18.2 Å². The van der Waals surface area contributed by atoms with Crippen LogP contribution in [-0.4, -0.2) is 51.3 Å². The van der Waals surface area contributed by atoms with Crippen LogP contribution in [0.3, 0.4) is 0 Å². The van der Waals surface area contributed by atoms with Crippen LogP contribution in [0, 0.1) is 0 Å². The summed E-state index contributed by atoms with van der Waals surface area (Å²) >= 11 is 0. The van der Waals surface area contributed by atoms with E-state index in [0.717, 1.165) is 0 Å². The highest BCUT2D eigenvalue weighted by atomic mass is 16.5. The third-order valence-corrected chi connectivity index (χ3v) is 2.91. The Kier molecular flexibility index (Phi) is 8.86. The van der Waals surface area contributed by atoms with Crippen LogP contribution in [-0.2, 0) is 14.3 Å². The van der Waals surface area contributed by atoms with E-state index in [1.54, 1.807) is 38.3 Å². The van der Waals surface area contributed by atoms with Gasteiger partial charge in [0.25, 0.3) is 5.91 Å². The number of benzene rings is 1. The lowest BCUT2D eigenvalue weighted by Gasteiger charge is -2.14. The summed E-state index contributed by atoms with van der Waals surface area (Å²) in [6, 6.07) is 8.69. The average Bonchev–Trinajstić information content (AvgIpc) is 2.51. The highest BCUT2D eigenvalue weighted by Crippen LogP contribution is 2.00. The van der Waals surface area contributed by atoms with Crippen LogP contribution in [0.15, 0.2) is 30.3 Å². The van der Waals surface area contributed by atoms with E-state index in [9.17, 15) is 9.59 Å². The van der Waals surface area contributed by atoms with E-state index in [1.807, 2.05) is 6.07 Å². The monoisotopic (exact) mass is 308 g/mol. The first-order valence-corrected chi connectivity index (χ1v) is 7.32. The molecular weight excluding hydrogens is 284 g/mol. The van der Waals surface area contributed by atoms with Crippen molar-refractivity contribution in [2.75, 3.05) is 33.5 Å². The molecule has 2 N–H and O–H groups in total. The number of carbonyl (C=O) groups excluding carboxylic acids is 2. The van der Waals surface area contributed by atoms with Gasteiger partial charge in [-0.05, 0) is 19.1 Å². The minimum absolute atomic E-state index is 0.115. The summed E-state index contributed by atoms with van der Waals surface area (Å²) in [5.41, 5.74) is 0.585. The third kappa shape index (κ3) is 7.75. The smallest absolute Gasteiger partial charge is 0.251 e. The SMILES string of the molecule is COCCOCCNC(=O)CC(C)NC(=O)c1ccccc1. The third-order valence-electron chi connectivity index (χ3n) is 2.91. The summed E-state index contributed by atoms with van der Waals surface area (Å²) in [4.78, 5) is 23.6. The molecule has 2 amide bonds. The van der Waals surface area contributed by atoms with Crippen LogP contribution in [0.5, 0.6) is 0 Å². The maximum Gasteiger partial charge on any atom is 0.251 e. The van der Waals surface area contributed by atoms with Crippen LogP contribution in [0.1, 0.15) is 23.7 Å². The van der Waals surface area contributed by atoms with E-state index in [0.29, 0.717) is 31.9 Å². The lowest BCUT2D eigenvalue weighted by atomic mass is 10.1. The molecule has 0 fully saturated rings. The molecule has 0 heterocycles. The van der Waals surface area contributed by atoms with Crippen molar-refractivity contribution in [3.05, 3.63) is 35.9 Å². The molecule has 0 saturated carbocycles. The molecule has 0 saturated heterocycles. The minimum Gasteiger partial charge on any atom is -0.382 e. The van der Waals surface area contributed by atoms with Crippen LogP contribution >= 0.6 is 0 Å². The Labute approximate surface area is 131 Å². The molecule has 1 unspecified atom stereocenters. The van der Waals surface area contributed by atoms with Gasteiger partial charge in [-0.15, -0.1) is 0 Å². The van der Waals surface area contributed by atoms with E-state index < -0.39 is 0 Å². The molecule has 0 aliphatic rings. The van der Waals surface area contributed by atoms with Crippen LogP contribution in [0.25, 0.3) is 0 Å². The quantitative estimate of drug-likeness (QED) is 0.632. The molecule has 0 aliphatic carbocycles. The number of hydrogen-bond donors (Lipinski definition) is 2. The second kappa shape index (κ2) is 10.8. The zero-order valence-electron chi connectivity index (χ0n) is 13.1. The number of carbonyl (C=O) groups is 2. The Hall–Kier alpha value is -1.92. The number of hydrogen-bond acceptors (Lipinski definition) is 4. The van der Waals surface area contributed by atoms with Gasteiger partial charge in [0.05, 0.1) is 19.8 Å². The Morgan fingerprint density at radius 3 is 2.55 bits per heavy atom. The molecule has 1 aromatic carbocycles. The maximum atomic E-state index is 11.9. The van der Waals surface area contributed by atoms with Crippen molar-refractivity contribution >= 4 is 11.8 Å². The van der Waals surface area contributed by atoms with Gasteiger partial charge in [-0.3, -0.25) is 9.59 Å². The Morgan fingerprint density at radius 1 is 1.14 bits per heavy atom. The lowest BCUT2D eigenvalue weighted by Crippen LogP contribution is -2.38. The fraction of sp³-hybridized carbons (Fsp3) is 0.500. The maximum absolute atomic E-state index is 11.9. The van der Waals surface area contributed by atoms with E-state index in [4.69, 9.17) is 9.47 Å². The van der Waals surface area contributed by atoms with Gasteiger partial charge in [0.1, 0.15) is 0 Å². The second-order valence-electron chi connectivity index (χ2n) is 4.90. The molecule has 22 heavy (non-hydrogen) atoms. The standard InChI is InChI=1S/C16H24N2O4/c1-13(18-16(20)14-6-4-3-5-7-14)12-15(19)17-8-9-22-11-10-21-2/h3-7,13H,8-12H2,1-2H3,(H,17,19)(H,18,20). The second-order valence-corrected chi connectivity index (χ2v) is 4.90. The molecule has 0 aromatic heterocycles. The van der Waals surface area contributed by atoms with Crippen molar-refractivity contribution in [3.8, 4) is 0 Å². The van der Waals surface area contributed by atoms with Crippen molar-refractivity contribution in [1.29, 1.82) is 0 Å². The Morgan fingerprint density at radius 2 is 1.86 bits per heavy atom. The van der Waals surface area contributed by atoms with Crippen molar-refractivity contribution in [2.45, 2.75) is 19.4 Å². The molecule has 0 bridgehead atoms. The molecule has 122 valence electrons. The summed E-state index contributed by atoms with van der Waals surface area (Å²) in [5, 5.41) is 5.55. The van der Waals surface area contributed by atoms with Crippen molar-refractivity contribution in [2.24, 2.45) is 0 Å². The number of amides is 2. The Bertz CT molecular complexity index is 451. The van der Waals surface area contributed by atoms with Gasteiger partial charge in [-0.2, -0.15) is 0 Å². The number of rotatable bonds is 10. The van der Waals surface area contributed by atoms with Crippen molar-refractivity contribution in [1.82, 2.24) is 10.6 Å². The highest BCUT2D eigenvalue weighted by Gasteiger charge is 2.12.